The van der Waals surface area contributed by atoms with Crippen LogP contribution < -0.4 is 4.90 Å². The molecule has 6 heteroatoms. The average molecular weight is 474 g/mol. The molecule has 3 heterocycles. The first kappa shape index (κ1) is 22.0. The van der Waals surface area contributed by atoms with Crippen molar-refractivity contribution in [3.63, 3.8) is 0 Å². The SMILES string of the molecule is O=C(c1cc(-c2ccccc2)nc2c1cnn2Cc1ccccc1)N1CCN(c2ccccc2)CC1. The highest BCUT2D eigenvalue weighted by molar-refractivity contribution is 6.06. The van der Waals surface area contributed by atoms with E-state index in [4.69, 9.17) is 4.98 Å². The Morgan fingerprint density at radius 2 is 1.42 bits per heavy atom. The summed E-state index contributed by atoms with van der Waals surface area (Å²) in [5.41, 5.74) is 5.49. The van der Waals surface area contributed by atoms with E-state index < -0.39 is 0 Å². The second-order valence-corrected chi connectivity index (χ2v) is 9.06. The van der Waals surface area contributed by atoms with E-state index in [0.717, 1.165) is 40.9 Å². The minimum atomic E-state index is 0.0338. The van der Waals surface area contributed by atoms with E-state index >= 15 is 0 Å². The number of nitrogens with zero attached hydrogens (tertiary/aromatic N) is 5. The van der Waals surface area contributed by atoms with Crippen LogP contribution >= 0.6 is 0 Å². The van der Waals surface area contributed by atoms with Crippen molar-refractivity contribution in [1.29, 1.82) is 0 Å². The number of carbonyl (C=O) groups excluding carboxylic acids is 1. The van der Waals surface area contributed by atoms with Gasteiger partial charge in [0.15, 0.2) is 5.65 Å². The van der Waals surface area contributed by atoms with Gasteiger partial charge in [-0.2, -0.15) is 5.10 Å². The monoisotopic (exact) mass is 473 g/mol. The molecule has 0 radical (unpaired) electrons. The van der Waals surface area contributed by atoms with Crippen LogP contribution in [0.15, 0.2) is 103 Å². The molecule has 36 heavy (non-hydrogen) atoms. The van der Waals surface area contributed by atoms with E-state index in [0.29, 0.717) is 25.2 Å². The standard InChI is InChI=1S/C30H27N5O/c36-30(34-18-16-33(17-19-34)25-14-8-3-9-15-25)26-20-28(24-12-6-2-7-13-24)32-29-27(26)21-31-35(29)22-23-10-4-1-5-11-23/h1-15,20-21H,16-19,22H2. The summed E-state index contributed by atoms with van der Waals surface area (Å²) in [4.78, 5) is 23.1. The molecular formula is C30H27N5O. The highest BCUT2D eigenvalue weighted by Crippen LogP contribution is 2.27. The maximum Gasteiger partial charge on any atom is 0.254 e. The highest BCUT2D eigenvalue weighted by Gasteiger charge is 2.25. The third-order valence-electron chi connectivity index (χ3n) is 6.77. The maximum atomic E-state index is 13.9. The molecule has 0 saturated carbocycles. The summed E-state index contributed by atoms with van der Waals surface area (Å²) in [6.07, 6.45) is 1.79. The largest absolute Gasteiger partial charge is 0.368 e. The first-order valence-corrected chi connectivity index (χ1v) is 12.3. The minimum absolute atomic E-state index is 0.0338. The predicted octanol–water partition coefficient (Wildman–Crippen LogP) is 5.11. The molecule has 1 saturated heterocycles. The predicted molar refractivity (Wildman–Crippen MR) is 143 cm³/mol. The van der Waals surface area contributed by atoms with Crippen LogP contribution in [0.2, 0.25) is 0 Å². The van der Waals surface area contributed by atoms with Crippen molar-refractivity contribution in [2.45, 2.75) is 6.54 Å². The lowest BCUT2D eigenvalue weighted by molar-refractivity contribution is 0.0748. The average Bonchev–Trinajstić information content (AvgIpc) is 3.36. The number of piperazine rings is 1. The van der Waals surface area contributed by atoms with Gasteiger partial charge in [0, 0.05) is 37.4 Å². The molecule has 0 bridgehead atoms. The van der Waals surface area contributed by atoms with Crippen LogP contribution in [-0.4, -0.2) is 51.8 Å². The summed E-state index contributed by atoms with van der Waals surface area (Å²) < 4.78 is 1.89. The number of benzene rings is 3. The Labute approximate surface area is 210 Å². The number of rotatable bonds is 5. The number of aromatic nitrogens is 3. The lowest BCUT2D eigenvalue weighted by atomic mass is 10.1. The van der Waals surface area contributed by atoms with Crippen molar-refractivity contribution in [1.82, 2.24) is 19.7 Å². The van der Waals surface area contributed by atoms with Crippen molar-refractivity contribution in [3.8, 4) is 11.3 Å². The third kappa shape index (κ3) is 4.33. The Bertz CT molecular complexity index is 1470. The van der Waals surface area contributed by atoms with Crippen LogP contribution in [0.4, 0.5) is 5.69 Å². The number of amides is 1. The summed E-state index contributed by atoms with van der Waals surface area (Å²) in [7, 11) is 0. The minimum Gasteiger partial charge on any atom is -0.368 e. The zero-order chi connectivity index (χ0) is 24.3. The molecule has 0 atom stereocenters. The van der Waals surface area contributed by atoms with Crippen molar-refractivity contribution in [2.75, 3.05) is 31.1 Å². The summed E-state index contributed by atoms with van der Waals surface area (Å²) in [5.74, 6) is 0.0338. The lowest BCUT2D eigenvalue weighted by Gasteiger charge is -2.36. The molecule has 178 valence electrons. The Hall–Kier alpha value is -4.45. The first-order valence-electron chi connectivity index (χ1n) is 12.3. The van der Waals surface area contributed by atoms with Crippen LogP contribution in [0, 0.1) is 0 Å². The molecule has 6 rings (SSSR count). The van der Waals surface area contributed by atoms with E-state index in [2.05, 4.69) is 46.4 Å². The second kappa shape index (κ2) is 9.66. The number of fused-ring (bicyclic) bond motifs is 1. The van der Waals surface area contributed by atoms with Gasteiger partial charge in [0.05, 0.1) is 29.4 Å². The van der Waals surface area contributed by atoms with Gasteiger partial charge in [-0.1, -0.05) is 78.9 Å². The Balaban J connectivity index is 1.34. The van der Waals surface area contributed by atoms with Gasteiger partial charge >= 0.3 is 0 Å². The fourth-order valence-corrected chi connectivity index (χ4v) is 4.83. The Morgan fingerprint density at radius 3 is 2.11 bits per heavy atom. The molecule has 0 aliphatic carbocycles. The van der Waals surface area contributed by atoms with E-state index in [1.54, 1.807) is 6.20 Å². The van der Waals surface area contributed by atoms with Gasteiger partial charge in [0.1, 0.15) is 0 Å². The van der Waals surface area contributed by atoms with Crippen molar-refractivity contribution >= 4 is 22.6 Å². The summed E-state index contributed by atoms with van der Waals surface area (Å²) in [5, 5.41) is 5.43. The zero-order valence-corrected chi connectivity index (χ0v) is 20.0. The molecule has 0 unspecified atom stereocenters. The fourth-order valence-electron chi connectivity index (χ4n) is 4.83. The summed E-state index contributed by atoms with van der Waals surface area (Å²) in [6.45, 7) is 3.57. The topological polar surface area (TPSA) is 54.3 Å². The van der Waals surface area contributed by atoms with Gasteiger partial charge < -0.3 is 9.80 Å². The summed E-state index contributed by atoms with van der Waals surface area (Å²) in [6, 6.07) is 32.5. The number of hydrogen-bond acceptors (Lipinski definition) is 4. The van der Waals surface area contributed by atoms with Crippen molar-refractivity contribution < 1.29 is 4.79 Å². The Kier molecular flexibility index (Phi) is 5.91. The maximum absolute atomic E-state index is 13.9. The smallest absolute Gasteiger partial charge is 0.254 e. The number of para-hydroxylation sites is 1. The lowest BCUT2D eigenvalue weighted by Crippen LogP contribution is -2.48. The van der Waals surface area contributed by atoms with Gasteiger partial charge in [0.25, 0.3) is 5.91 Å². The third-order valence-corrected chi connectivity index (χ3v) is 6.77. The Morgan fingerprint density at radius 1 is 0.778 bits per heavy atom. The molecule has 2 aromatic heterocycles. The molecule has 1 fully saturated rings. The van der Waals surface area contributed by atoms with E-state index in [9.17, 15) is 4.79 Å². The molecule has 5 aromatic rings. The molecule has 3 aromatic carbocycles. The van der Waals surface area contributed by atoms with Crippen LogP contribution in [-0.2, 0) is 6.54 Å². The molecule has 6 nitrogen and oxygen atoms in total. The van der Waals surface area contributed by atoms with Gasteiger partial charge in [-0.05, 0) is 23.8 Å². The highest BCUT2D eigenvalue weighted by atomic mass is 16.2. The molecule has 0 spiro atoms. The second-order valence-electron chi connectivity index (χ2n) is 9.06. The van der Waals surface area contributed by atoms with Gasteiger partial charge in [0.2, 0.25) is 0 Å². The number of carbonyl (C=O) groups is 1. The molecule has 1 aliphatic heterocycles. The van der Waals surface area contributed by atoms with Gasteiger partial charge in [-0.25, -0.2) is 9.67 Å². The normalized spacial score (nSPS) is 13.8. The van der Waals surface area contributed by atoms with E-state index in [1.807, 2.05) is 70.2 Å². The van der Waals surface area contributed by atoms with Crippen LogP contribution in [0.3, 0.4) is 0 Å². The van der Waals surface area contributed by atoms with Crippen LogP contribution in [0.5, 0.6) is 0 Å². The number of anilines is 1. The van der Waals surface area contributed by atoms with Gasteiger partial charge in [-0.15, -0.1) is 0 Å². The molecule has 1 amide bonds. The first-order chi connectivity index (χ1) is 17.8. The fraction of sp³-hybridized carbons (Fsp3) is 0.167. The molecular weight excluding hydrogens is 446 g/mol. The molecule has 1 aliphatic rings. The summed E-state index contributed by atoms with van der Waals surface area (Å²) >= 11 is 0. The number of pyridine rings is 1. The van der Waals surface area contributed by atoms with E-state index in [-0.39, 0.29) is 5.91 Å². The van der Waals surface area contributed by atoms with Crippen molar-refractivity contribution in [2.24, 2.45) is 0 Å². The van der Waals surface area contributed by atoms with Crippen molar-refractivity contribution in [3.05, 3.63) is 114 Å². The zero-order valence-electron chi connectivity index (χ0n) is 20.0. The van der Waals surface area contributed by atoms with E-state index in [1.165, 1.54) is 5.69 Å². The van der Waals surface area contributed by atoms with Gasteiger partial charge in [-0.3, -0.25) is 4.79 Å². The van der Waals surface area contributed by atoms with Crippen LogP contribution in [0.25, 0.3) is 22.3 Å². The molecule has 0 N–H and O–H groups in total. The number of hydrogen-bond donors (Lipinski definition) is 0. The quantitative estimate of drug-likeness (QED) is 0.356. The van der Waals surface area contributed by atoms with Crippen LogP contribution in [0.1, 0.15) is 15.9 Å².